The van der Waals surface area contributed by atoms with Crippen LogP contribution in [-0.4, -0.2) is 22.5 Å². The highest BCUT2D eigenvalue weighted by molar-refractivity contribution is 8.00. The van der Waals surface area contributed by atoms with Crippen LogP contribution in [0.5, 0.6) is 0 Å². The molecular formula is C8H16OS2. The molecule has 0 spiro atoms. The molecule has 66 valence electrons. The smallest absolute Gasteiger partial charge is 0.158 e. The van der Waals surface area contributed by atoms with E-state index in [1.807, 2.05) is 20.1 Å². The summed E-state index contributed by atoms with van der Waals surface area (Å²) >= 11 is 5.83. The summed E-state index contributed by atoms with van der Waals surface area (Å²) in [5, 5.41) is 0.0878. The predicted octanol–water partition coefficient (Wildman–Crippen LogP) is 2.41. The quantitative estimate of drug-likeness (QED) is 0.674. The summed E-state index contributed by atoms with van der Waals surface area (Å²) < 4.78 is 0. The van der Waals surface area contributed by atoms with Gasteiger partial charge in [0.25, 0.3) is 0 Å². The van der Waals surface area contributed by atoms with Crippen molar-refractivity contribution in [2.75, 3.05) is 6.26 Å². The third-order valence-electron chi connectivity index (χ3n) is 1.69. The average Bonchev–Trinajstić information content (AvgIpc) is 2.05. The first-order chi connectivity index (χ1) is 5.17. The summed E-state index contributed by atoms with van der Waals surface area (Å²) in [6, 6.07) is 0. The van der Waals surface area contributed by atoms with E-state index in [2.05, 4.69) is 12.6 Å². The number of hydrogen-bond acceptors (Lipinski definition) is 3. The highest BCUT2D eigenvalue weighted by atomic mass is 32.2. The molecule has 11 heavy (non-hydrogen) atoms. The maximum atomic E-state index is 11.4. The molecular weight excluding hydrogens is 176 g/mol. The minimum Gasteiger partial charge on any atom is -0.297 e. The van der Waals surface area contributed by atoms with Crippen LogP contribution in [0, 0.1) is 0 Å². The highest BCUT2D eigenvalue weighted by Gasteiger charge is 2.20. The van der Waals surface area contributed by atoms with Gasteiger partial charge in [-0.3, -0.25) is 4.79 Å². The first kappa shape index (κ1) is 11.4. The molecule has 3 heteroatoms. The minimum atomic E-state index is -0.0626. The largest absolute Gasteiger partial charge is 0.297 e. The molecule has 0 rings (SSSR count). The fourth-order valence-corrected chi connectivity index (χ4v) is 1.91. The Morgan fingerprint density at radius 3 is 2.27 bits per heavy atom. The first-order valence-corrected chi connectivity index (χ1v) is 5.72. The summed E-state index contributed by atoms with van der Waals surface area (Å²) in [4.78, 5) is 11.4. The molecule has 0 radical (unpaired) electrons. The lowest BCUT2D eigenvalue weighted by Crippen LogP contribution is -2.25. The van der Waals surface area contributed by atoms with Crippen molar-refractivity contribution >= 4 is 30.2 Å². The van der Waals surface area contributed by atoms with Crippen LogP contribution in [0.2, 0.25) is 0 Å². The summed E-state index contributed by atoms with van der Waals surface area (Å²) in [6.45, 7) is 4.03. The SMILES string of the molecule is CCC(S)C(=O)C(CC)SC. The van der Waals surface area contributed by atoms with Crippen LogP contribution in [-0.2, 0) is 4.79 Å². The van der Waals surface area contributed by atoms with Crippen LogP contribution in [0.4, 0.5) is 0 Å². The predicted molar refractivity (Wildman–Crippen MR) is 55.7 cm³/mol. The molecule has 0 fully saturated rings. The second kappa shape index (κ2) is 5.95. The van der Waals surface area contributed by atoms with Crippen LogP contribution in [0.15, 0.2) is 0 Å². The molecule has 0 heterocycles. The van der Waals surface area contributed by atoms with E-state index in [1.54, 1.807) is 11.8 Å². The van der Waals surface area contributed by atoms with E-state index in [4.69, 9.17) is 0 Å². The van der Waals surface area contributed by atoms with Gasteiger partial charge in [-0.05, 0) is 19.1 Å². The van der Waals surface area contributed by atoms with E-state index in [9.17, 15) is 4.79 Å². The fraction of sp³-hybridized carbons (Fsp3) is 0.875. The van der Waals surface area contributed by atoms with Crippen LogP contribution in [0.1, 0.15) is 26.7 Å². The van der Waals surface area contributed by atoms with Crippen molar-refractivity contribution in [3.05, 3.63) is 0 Å². The molecule has 0 saturated carbocycles. The second-order valence-corrected chi connectivity index (χ2v) is 4.12. The van der Waals surface area contributed by atoms with Gasteiger partial charge in [0.15, 0.2) is 5.78 Å². The monoisotopic (exact) mass is 192 g/mol. The van der Waals surface area contributed by atoms with Crippen LogP contribution in [0.3, 0.4) is 0 Å². The molecule has 0 aromatic carbocycles. The normalized spacial score (nSPS) is 16.0. The first-order valence-electron chi connectivity index (χ1n) is 3.91. The number of ketones is 1. The van der Waals surface area contributed by atoms with Gasteiger partial charge < -0.3 is 0 Å². The summed E-state index contributed by atoms with van der Waals surface area (Å²) in [6.07, 6.45) is 3.72. The Morgan fingerprint density at radius 1 is 1.45 bits per heavy atom. The van der Waals surface area contributed by atoms with Crippen molar-refractivity contribution in [1.82, 2.24) is 0 Å². The number of rotatable bonds is 5. The molecule has 0 aliphatic carbocycles. The van der Waals surface area contributed by atoms with E-state index in [0.717, 1.165) is 12.8 Å². The molecule has 0 aliphatic heterocycles. The Labute approximate surface area is 78.7 Å². The third-order valence-corrected chi connectivity index (χ3v) is 3.44. The molecule has 0 aromatic heterocycles. The van der Waals surface area contributed by atoms with Crippen LogP contribution >= 0.6 is 24.4 Å². The lowest BCUT2D eigenvalue weighted by Gasteiger charge is -2.13. The van der Waals surface area contributed by atoms with E-state index >= 15 is 0 Å². The van der Waals surface area contributed by atoms with E-state index in [-0.39, 0.29) is 16.3 Å². The van der Waals surface area contributed by atoms with Gasteiger partial charge in [-0.25, -0.2) is 0 Å². The average molecular weight is 192 g/mol. The third kappa shape index (κ3) is 3.52. The molecule has 0 aromatic rings. The van der Waals surface area contributed by atoms with E-state index in [1.165, 1.54) is 0 Å². The molecule has 0 aliphatic rings. The van der Waals surface area contributed by atoms with Crippen molar-refractivity contribution in [2.45, 2.75) is 37.2 Å². The Morgan fingerprint density at radius 2 is 2.00 bits per heavy atom. The van der Waals surface area contributed by atoms with Gasteiger partial charge >= 0.3 is 0 Å². The number of hydrogen-bond donors (Lipinski definition) is 1. The zero-order chi connectivity index (χ0) is 8.85. The van der Waals surface area contributed by atoms with Gasteiger partial charge in [0.2, 0.25) is 0 Å². The molecule has 0 bridgehead atoms. The maximum Gasteiger partial charge on any atom is 0.158 e. The highest BCUT2D eigenvalue weighted by Crippen LogP contribution is 2.17. The van der Waals surface area contributed by atoms with Gasteiger partial charge in [-0.1, -0.05) is 13.8 Å². The van der Waals surface area contributed by atoms with Crippen molar-refractivity contribution < 1.29 is 4.79 Å². The maximum absolute atomic E-state index is 11.4. The molecule has 0 N–H and O–H groups in total. The van der Waals surface area contributed by atoms with Gasteiger partial charge in [0, 0.05) is 0 Å². The van der Waals surface area contributed by atoms with Gasteiger partial charge in [-0.15, -0.1) is 0 Å². The van der Waals surface area contributed by atoms with Gasteiger partial charge in [-0.2, -0.15) is 24.4 Å². The van der Waals surface area contributed by atoms with E-state index < -0.39 is 0 Å². The van der Waals surface area contributed by atoms with Crippen LogP contribution < -0.4 is 0 Å². The summed E-state index contributed by atoms with van der Waals surface area (Å²) in [7, 11) is 0. The lowest BCUT2D eigenvalue weighted by molar-refractivity contribution is -0.118. The summed E-state index contributed by atoms with van der Waals surface area (Å²) in [5.41, 5.74) is 0. The Hall–Kier alpha value is 0.370. The van der Waals surface area contributed by atoms with Crippen molar-refractivity contribution in [3.63, 3.8) is 0 Å². The van der Waals surface area contributed by atoms with Gasteiger partial charge in [0.1, 0.15) is 0 Å². The lowest BCUT2D eigenvalue weighted by atomic mass is 10.1. The Balaban J connectivity index is 3.97. The molecule has 0 amide bonds. The van der Waals surface area contributed by atoms with Crippen LogP contribution in [0.25, 0.3) is 0 Å². The van der Waals surface area contributed by atoms with Gasteiger partial charge in [0.05, 0.1) is 10.5 Å². The number of carbonyl (C=O) groups is 1. The number of thiol groups is 1. The van der Waals surface area contributed by atoms with Crippen molar-refractivity contribution in [3.8, 4) is 0 Å². The molecule has 2 unspecified atom stereocenters. The van der Waals surface area contributed by atoms with Crippen molar-refractivity contribution in [2.24, 2.45) is 0 Å². The fourth-order valence-electron chi connectivity index (χ4n) is 0.900. The zero-order valence-electron chi connectivity index (χ0n) is 7.33. The molecule has 2 atom stereocenters. The second-order valence-electron chi connectivity index (χ2n) is 2.46. The molecule has 0 saturated heterocycles. The van der Waals surface area contributed by atoms with E-state index in [0.29, 0.717) is 0 Å². The van der Waals surface area contributed by atoms with Crippen molar-refractivity contribution in [1.29, 1.82) is 0 Å². The Bertz CT molecular complexity index is 121. The number of Topliss-reactive ketones (excluding diaryl/α,β-unsaturated/α-hetero) is 1. The standard InChI is InChI=1S/C8H16OS2/c1-4-6(10)8(9)7(5-2)11-3/h6-7,10H,4-5H2,1-3H3. The topological polar surface area (TPSA) is 17.1 Å². The molecule has 1 nitrogen and oxygen atoms in total. The number of thioether (sulfide) groups is 1. The Kier molecular flexibility index (Phi) is 6.15. The summed E-state index contributed by atoms with van der Waals surface area (Å²) in [5.74, 6) is 0.283. The minimum absolute atomic E-state index is 0.0626. The zero-order valence-corrected chi connectivity index (χ0v) is 9.04. The number of carbonyl (C=O) groups excluding carboxylic acids is 1.